The van der Waals surface area contributed by atoms with Gasteiger partial charge in [-0.25, -0.2) is 0 Å². The van der Waals surface area contributed by atoms with E-state index in [0.717, 1.165) is 24.0 Å². The maximum Gasteiger partial charge on any atom is 0.116 e. The fourth-order valence-corrected chi connectivity index (χ4v) is 3.82. The maximum absolute atomic E-state index is 11.4. The van der Waals surface area contributed by atoms with Gasteiger partial charge in [0.1, 0.15) is 5.60 Å². The zero-order valence-corrected chi connectivity index (χ0v) is 12.4. The molecule has 1 aromatic heterocycles. The second-order valence-electron chi connectivity index (χ2n) is 5.12. The van der Waals surface area contributed by atoms with Gasteiger partial charge >= 0.3 is 0 Å². The van der Waals surface area contributed by atoms with Gasteiger partial charge in [-0.3, -0.25) is 0 Å². The topological polar surface area (TPSA) is 20.2 Å². The van der Waals surface area contributed by atoms with Crippen LogP contribution in [0.25, 0.3) is 10.1 Å². The van der Waals surface area contributed by atoms with Crippen LogP contribution in [0.4, 0.5) is 0 Å². The average molecular weight is 282 g/mol. The van der Waals surface area contributed by atoms with E-state index in [4.69, 9.17) is 0 Å². The normalized spacial score (nSPS) is 14.3. The summed E-state index contributed by atoms with van der Waals surface area (Å²) in [6, 6.07) is 18.3. The minimum atomic E-state index is -0.902. The highest BCUT2D eigenvalue weighted by atomic mass is 32.1. The minimum absolute atomic E-state index is 0.730. The van der Waals surface area contributed by atoms with Crippen LogP contribution in [0.5, 0.6) is 0 Å². The summed E-state index contributed by atoms with van der Waals surface area (Å²) >= 11 is 1.70. The van der Waals surface area contributed by atoms with Gasteiger partial charge in [0.2, 0.25) is 0 Å². The molecule has 0 aliphatic heterocycles. The molecular weight excluding hydrogens is 264 g/mol. The summed E-state index contributed by atoms with van der Waals surface area (Å²) in [5.41, 5.74) is 1.10. The Kier molecular flexibility index (Phi) is 3.60. The Morgan fingerprint density at radius 2 is 1.80 bits per heavy atom. The molecule has 2 heteroatoms. The summed E-state index contributed by atoms with van der Waals surface area (Å²) in [6.07, 6.45) is 1.67. The predicted molar refractivity (Wildman–Crippen MR) is 86.2 cm³/mol. The van der Waals surface area contributed by atoms with Gasteiger partial charge in [-0.05, 0) is 28.8 Å². The Morgan fingerprint density at radius 1 is 1.00 bits per heavy atom. The van der Waals surface area contributed by atoms with Crippen LogP contribution in [-0.4, -0.2) is 5.11 Å². The van der Waals surface area contributed by atoms with E-state index < -0.39 is 5.60 Å². The van der Waals surface area contributed by atoms with Crippen LogP contribution in [0.2, 0.25) is 0 Å². The van der Waals surface area contributed by atoms with E-state index in [1.54, 1.807) is 11.3 Å². The van der Waals surface area contributed by atoms with E-state index in [1.807, 2.05) is 36.4 Å². The molecule has 0 bridgehead atoms. The lowest BCUT2D eigenvalue weighted by Gasteiger charge is -2.29. The molecule has 1 atom stereocenters. The van der Waals surface area contributed by atoms with E-state index in [-0.39, 0.29) is 0 Å². The van der Waals surface area contributed by atoms with Gasteiger partial charge < -0.3 is 5.11 Å². The highest BCUT2D eigenvalue weighted by Gasteiger charge is 2.32. The van der Waals surface area contributed by atoms with Gasteiger partial charge in [-0.15, -0.1) is 11.3 Å². The Hall–Kier alpha value is -1.64. The van der Waals surface area contributed by atoms with Gasteiger partial charge in [-0.2, -0.15) is 0 Å². The first kappa shape index (κ1) is 13.3. The monoisotopic (exact) mass is 282 g/mol. The summed E-state index contributed by atoms with van der Waals surface area (Å²) in [6.45, 7) is 2.11. The van der Waals surface area contributed by atoms with Gasteiger partial charge in [0.05, 0.1) is 0 Å². The molecule has 0 aliphatic rings. The van der Waals surface area contributed by atoms with E-state index in [0.29, 0.717) is 0 Å². The molecule has 0 saturated carbocycles. The molecule has 0 amide bonds. The molecule has 1 unspecified atom stereocenters. The number of thiophene rings is 1. The summed E-state index contributed by atoms with van der Waals surface area (Å²) in [7, 11) is 0. The lowest BCUT2D eigenvalue weighted by molar-refractivity contribution is 0.0719. The van der Waals surface area contributed by atoms with Gasteiger partial charge in [0.25, 0.3) is 0 Å². The van der Waals surface area contributed by atoms with Crippen LogP contribution in [-0.2, 0) is 5.60 Å². The summed E-state index contributed by atoms with van der Waals surface area (Å²) in [5, 5.41) is 14.7. The van der Waals surface area contributed by atoms with Crippen LogP contribution in [0.3, 0.4) is 0 Å². The lowest BCUT2D eigenvalue weighted by Crippen LogP contribution is -2.27. The molecule has 0 fully saturated rings. The molecule has 3 rings (SSSR count). The average Bonchev–Trinajstić information content (AvgIpc) is 2.96. The van der Waals surface area contributed by atoms with Crippen LogP contribution in [0.15, 0.2) is 60.0 Å². The third kappa shape index (κ3) is 2.15. The second-order valence-corrected chi connectivity index (χ2v) is 6.04. The largest absolute Gasteiger partial charge is 0.380 e. The number of hydrogen-bond acceptors (Lipinski definition) is 2. The number of benzene rings is 2. The summed E-state index contributed by atoms with van der Waals surface area (Å²) in [4.78, 5) is 0. The van der Waals surface area contributed by atoms with E-state index in [2.05, 4.69) is 30.5 Å². The molecule has 1 heterocycles. The van der Waals surface area contributed by atoms with Crippen molar-refractivity contribution in [3.05, 3.63) is 71.1 Å². The van der Waals surface area contributed by atoms with Crippen molar-refractivity contribution in [2.75, 3.05) is 0 Å². The number of fused-ring (bicyclic) bond motifs is 1. The number of hydrogen-bond donors (Lipinski definition) is 1. The Balaban J connectivity index is 2.23. The minimum Gasteiger partial charge on any atom is -0.380 e. The van der Waals surface area contributed by atoms with Crippen molar-refractivity contribution in [1.82, 2.24) is 0 Å². The number of aliphatic hydroxyl groups is 1. The standard InChI is InChI=1S/C18H18OS/c1-2-12-18(19,15-8-4-3-5-9-15)16-10-6-7-14-11-13-20-17(14)16/h3-11,13,19H,2,12H2,1H3. The van der Waals surface area contributed by atoms with Crippen molar-refractivity contribution >= 4 is 21.4 Å². The van der Waals surface area contributed by atoms with Gasteiger partial charge in [0, 0.05) is 10.3 Å². The van der Waals surface area contributed by atoms with Crippen molar-refractivity contribution < 1.29 is 5.11 Å². The van der Waals surface area contributed by atoms with Crippen molar-refractivity contribution in [2.24, 2.45) is 0 Å². The van der Waals surface area contributed by atoms with Crippen LogP contribution in [0.1, 0.15) is 30.9 Å². The molecule has 3 aromatic rings. The third-order valence-corrected chi connectivity index (χ3v) is 4.75. The van der Waals surface area contributed by atoms with E-state index in [9.17, 15) is 5.11 Å². The fraction of sp³-hybridized carbons (Fsp3) is 0.222. The Labute approximate surface area is 123 Å². The first-order valence-corrected chi connectivity index (χ1v) is 7.88. The quantitative estimate of drug-likeness (QED) is 0.719. The van der Waals surface area contributed by atoms with Crippen LogP contribution in [0, 0.1) is 0 Å². The molecule has 102 valence electrons. The lowest BCUT2D eigenvalue weighted by atomic mass is 9.82. The predicted octanol–water partition coefficient (Wildman–Crippen LogP) is 4.94. The first-order chi connectivity index (χ1) is 9.75. The van der Waals surface area contributed by atoms with Crippen LogP contribution >= 0.6 is 11.3 Å². The summed E-state index contributed by atoms with van der Waals surface area (Å²) in [5.74, 6) is 0. The molecule has 20 heavy (non-hydrogen) atoms. The number of rotatable bonds is 4. The van der Waals surface area contributed by atoms with Crippen LogP contribution < -0.4 is 0 Å². The van der Waals surface area contributed by atoms with E-state index in [1.165, 1.54) is 10.1 Å². The molecule has 0 aliphatic carbocycles. The molecule has 0 spiro atoms. The summed E-state index contributed by atoms with van der Waals surface area (Å²) < 4.78 is 1.19. The smallest absolute Gasteiger partial charge is 0.116 e. The van der Waals surface area contributed by atoms with Crippen molar-refractivity contribution in [1.29, 1.82) is 0 Å². The SMILES string of the molecule is CCCC(O)(c1ccccc1)c1cccc2ccsc12. The first-order valence-electron chi connectivity index (χ1n) is 7.00. The maximum atomic E-state index is 11.4. The molecule has 0 saturated heterocycles. The molecule has 1 nitrogen and oxygen atoms in total. The van der Waals surface area contributed by atoms with Crippen molar-refractivity contribution in [3.8, 4) is 0 Å². The molecule has 0 radical (unpaired) electrons. The zero-order valence-electron chi connectivity index (χ0n) is 11.5. The third-order valence-electron chi connectivity index (χ3n) is 3.79. The van der Waals surface area contributed by atoms with Gasteiger partial charge in [0.15, 0.2) is 0 Å². The van der Waals surface area contributed by atoms with Crippen molar-refractivity contribution in [3.63, 3.8) is 0 Å². The van der Waals surface area contributed by atoms with Gasteiger partial charge in [-0.1, -0.05) is 61.9 Å². The fourth-order valence-electron chi connectivity index (χ4n) is 2.83. The Morgan fingerprint density at radius 3 is 2.55 bits per heavy atom. The second kappa shape index (κ2) is 5.39. The van der Waals surface area contributed by atoms with Crippen molar-refractivity contribution in [2.45, 2.75) is 25.4 Å². The molecule has 2 aromatic carbocycles. The zero-order chi connectivity index (χ0) is 14.0. The molecule has 1 N–H and O–H groups in total. The highest BCUT2D eigenvalue weighted by Crippen LogP contribution is 2.39. The highest BCUT2D eigenvalue weighted by molar-refractivity contribution is 7.17. The molecular formula is C18H18OS. The Bertz CT molecular complexity index is 702. The van der Waals surface area contributed by atoms with E-state index >= 15 is 0 Å².